The summed E-state index contributed by atoms with van der Waals surface area (Å²) >= 11 is 1.46. The number of piperazine rings is 1. The van der Waals surface area contributed by atoms with Gasteiger partial charge in [0.1, 0.15) is 4.90 Å². The summed E-state index contributed by atoms with van der Waals surface area (Å²) in [7, 11) is -10.9. The van der Waals surface area contributed by atoms with E-state index in [2.05, 4.69) is 39.2 Å². The fraction of sp³-hybridized carbons (Fsp3) is 0.562. The van der Waals surface area contributed by atoms with Gasteiger partial charge in [-0.05, 0) is 110 Å². The van der Waals surface area contributed by atoms with Gasteiger partial charge in [0.15, 0.2) is 0 Å². The maximum Gasteiger partial charge on any atom is 0.501 e. The number of halogens is 5. The first-order valence-corrected chi connectivity index (χ1v) is 27.0. The second kappa shape index (κ2) is 17.9. The number of sulfone groups is 1. The number of anilines is 2. The summed E-state index contributed by atoms with van der Waals surface area (Å²) < 4.78 is 125. The van der Waals surface area contributed by atoms with Crippen LogP contribution in [-0.2, 0) is 19.9 Å². The number of rotatable bonds is 17. The van der Waals surface area contributed by atoms with Gasteiger partial charge in [0.05, 0.1) is 10.6 Å². The van der Waals surface area contributed by atoms with Crippen molar-refractivity contribution >= 4 is 48.9 Å². The number of alkyl halides is 5. The minimum absolute atomic E-state index is 0.0187. The predicted octanol–water partition coefficient (Wildman–Crippen LogP) is 8.03. The molecule has 0 aromatic heterocycles. The molecule has 0 radical (unpaired) electrons. The molecule has 364 valence electrons. The number of thioether (sulfide) groups is 1. The van der Waals surface area contributed by atoms with E-state index in [1.54, 1.807) is 12.1 Å². The van der Waals surface area contributed by atoms with Crippen molar-refractivity contribution in [1.82, 2.24) is 19.8 Å². The number of benzene rings is 3. The highest BCUT2D eigenvalue weighted by molar-refractivity contribution is 7.99. The van der Waals surface area contributed by atoms with Crippen LogP contribution in [0, 0.1) is 21.7 Å². The minimum Gasteiger partial charge on any atom is -0.380 e. The van der Waals surface area contributed by atoms with Crippen molar-refractivity contribution in [2.24, 2.45) is 21.7 Å². The van der Waals surface area contributed by atoms with Crippen molar-refractivity contribution in [3.8, 4) is 0 Å². The van der Waals surface area contributed by atoms with Gasteiger partial charge in [-0.3, -0.25) is 9.69 Å². The van der Waals surface area contributed by atoms with Crippen LogP contribution in [0.5, 0.6) is 0 Å². The first-order valence-electron chi connectivity index (χ1n) is 23.1. The summed E-state index contributed by atoms with van der Waals surface area (Å²) in [6, 6.07) is 17.7. The lowest BCUT2D eigenvalue weighted by Crippen LogP contribution is -2.71. The quantitative estimate of drug-likeness (QED) is 0.0691. The normalized spacial score (nSPS) is 25.5. The maximum absolute atomic E-state index is 14.2. The van der Waals surface area contributed by atoms with E-state index in [1.165, 1.54) is 35.0 Å². The minimum atomic E-state index is -6.06. The van der Waals surface area contributed by atoms with Crippen LogP contribution in [0.1, 0.15) is 69.2 Å². The molecule has 1 unspecified atom stereocenters. The SMILES string of the molecule is CC1(C)CCC(CN2CCN(c3ccc(C(=O)NS(=O)(=O)c4ccc(NC(CCN5CC6(CNC6)C5)CSc5ccccc5)c(S(=O)(=O)C(F)(F)F)c4)cc3)CC2)=C(C23CC(C(F)F)(C2)C3)C1. The van der Waals surface area contributed by atoms with Gasteiger partial charge in [-0.2, -0.15) is 13.2 Å². The summed E-state index contributed by atoms with van der Waals surface area (Å²) in [5.74, 6) is -0.653. The van der Waals surface area contributed by atoms with E-state index in [0.717, 1.165) is 87.8 Å². The van der Waals surface area contributed by atoms with E-state index < -0.39 is 64.6 Å². The molecule has 11 nitrogen and oxygen atoms in total. The van der Waals surface area contributed by atoms with Gasteiger partial charge in [0.2, 0.25) is 6.43 Å². The molecular weight excluding hydrogens is 932 g/mol. The van der Waals surface area contributed by atoms with E-state index in [1.807, 2.05) is 35.1 Å². The fourth-order valence-electron chi connectivity index (χ4n) is 11.4. The van der Waals surface area contributed by atoms with Crippen molar-refractivity contribution < 1.29 is 43.6 Å². The zero-order chi connectivity index (χ0) is 47.6. The van der Waals surface area contributed by atoms with Crippen LogP contribution >= 0.6 is 11.8 Å². The molecule has 1 spiro atoms. The number of carbonyl (C=O) groups is 1. The van der Waals surface area contributed by atoms with Crippen molar-refractivity contribution in [3.63, 3.8) is 0 Å². The van der Waals surface area contributed by atoms with Crippen LogP contribution < -0.4 is 20.3 Å². The predicted molar refractivity (Wildman–Crippen MR) is 250 cm³/mol. The monoisotopic (exact) mass is 990 g/mol. The molecule has 3 saturated carbocycles. The van der Waals surface area contributed by atoms with E-state index in [4.69, 9.17) is 0 Å². The summed E-state index contributed by atoms with van der Waals surface area (Å²) in [4.78, 5) is 19.0. The Bertz CT molecular complexity index is 2570. The van der Waals surface area contributed by atoms with Crippen molar-refractivity contribution in [2.75, 3.05) is 81.4 Å². The molecule has 1 amide bonds. The number of nitrogens with zero attached hydrogens (tertiary/aromatic N) is 3. The van der Waals surface area contributed by atoms with Gasteiger partial charge in [-0.15, -0.1) is 11.8 Å². The number of carbonyl (C=O) groups excluding carboxylic acids is 1. The van der Waals surface area contributed by atoms with Crippen LogP contribution in [-0.4, -0.2) is 122 Å². The highest BCUT2D eigenvalue weighted by Crippen LogP contribution is 2.79. The Balaban J connectivity index is 0.843. The summed E-state index contributed by atoms with van der Waals surface area (Å²) in [5.41, 5.74) is -2.89. The van der Waals surface area contributed by atoms with E-state index >= 15 is 0 Å². The molecule has 3 aliphatic heterocycles. The van der Waals surface area contributed by atoms with Gasteiger partial charge < -0.3 is 20.4 Å². The molecule has 67 heavy (non-hydrogen) atoms. The summed E-state index contributed by atoms with van der Waals surface area (Å²) in [6.07, 6.45) is 3.05. The molecular formula is C48H59F5N6O5S3. The summed E-state index contributed by atoms with van der Waals surface area (Å²) in [6.45, 7) is 12.6. The molecule has 3 aromatic rings. The highest BCUT2D eigenvalue weighted by atomic mass is 32.2. The third-order valence-corrected chi connectivity index (χ3v) is 19.2. The molecule has 19 heteroatoms. The first kappa shape index (κ1) is 48.3. The van der Waals surface area contributed by atoms with Crippen LogP contribution in [0.3, 0.4) is 0 Å². The van der Waals surface area contributed by atoms with Crippen LogP contribution in [0.4, 0.5) is 33.3 Å². The molecule has 4 aliphatic carbocycles. The highest BCUT2D eigenvalue weighted by Gasteiger charge is 2.73. The molecule has 3 N–H and O–H groups in total. The molecule has 2 bridgehead atoms. The van der Waals surface area contributed by atoms with Crippen molar-refractivity contribution in [3.05, 3.63) is 89.5 Å². The van der Waals surface area contributed by atoms with Crippen molar-refractivity contribution in [2.45, 2.75) is 91.5 Å². The smallest absolute Gasteiger partial charge is 0.380 e. The lowest BCUT2D eigenvalue weighted by molar-refractivity contribution is -0.250. The zero-order valence-corrected chi connectivity index (χ0v) is 40.3. The Kier molecular flexibility index (Phi) is 12.9. The average molecular weight is 991 g/mol. The van der Waals surface area contributed by atoms with Gasteiger partial charge in [0.25, 0.3) is 25.8 Å². The van der Waals surface area contributed by atoms with E-state index in [0.29, 0.717) is 57.1 Å². The number of allylic oxidation sites excluding steroid dienone is 1. The third kappa shape index (κ3) is 9.75. The molecule has 10 rings (SSSR count). The number of amides is 1. The number of hydrogen-bond donors (Lipinski definition) is 3. The van der Waals surface area contributed by atoms with Gasteiger partial charge in [-0.25, -0.2) is 30.3 Å². The number of nitrogens with one attached hydrogen (secondary N) is 3. The van der Waals surface area contributed by atoms with E-state index in [-0.39, 0.29) is 21.8 Å². The molecule has 7 aliphatic rings. The molecule has 3 heterocycles. The Hall–Kier alpha value is -3.75. The fourth-order valence-corrected chi connectivity index (χ4v) is 14.4. The second-order valence-corrected chi connectivity index (χ2v) is 25.5. The van der Waals surface area contributed by atoms with Gasteiger partial charge in [-0.1, -0.05) is 43.2 Å². The first-order chi connectivity index (χ1) is 31.6. The van der Waals surface area contributed by atoms with Gasteiger partial charge >= 0.3 is 5.51 Å². The molecule has 3 saturated heterocycles. The molecule has 1 atom stereocenters. The molecule has 6 fully saturated rings. The standard InChI is InChI=1S/C48H59F5N6O5S3/c1-44(2)16-14-34(39(23-44)46-26-47(27-46,28-46)43(49)50)24-57-18-20-59(21-19-57)36-10-8-33(9-11-36)42(60)56-67(63,64)38-12-13-40(41(22-38)66(61,62)48(51,52)53)55-35(25-65-37-6-4-3-5-7-37)15-17-58-31-45(32-58)29-54-30-45/h3-13,22,35,43,54-55H,14-21,23-32H2,1-2H3,(H,56,60). The molecule has 3 aromatic carbocycles. The van der Waals surface area contributed by atoms with Gasteiger partial charge in [0, 0.05) is 104 Å². The van der Waals surface area contributed by atoms with Crippen LogP contribution in [0.25, 0.3) is 0 Å². The Morgan fingerprint density at radius 2 is 1.55 bits per heavy atom. The Morgan fingerprint density at radius 1 is 0.881 bits per heavy atom. The number of sulfonamides is 1. The van der Waals surface area contributed by atoms with Crippen molar-refractivity contribution in [1.29, 1.82) is 0 Å². The third-order valence-electron chi connectivity index (χ3n) is 15.2. The average Bonchev–Trinajstić information content (AvgIpc) is 3.21. The number of hydrogen-bond acceptors (Lipinski definition) is 11. The summed E-state index contributed by atoms with van der Waals surface area (Å²) in [5, 5.41) is 6.30. The van der Waals surface area contributed by atoms with Crippen LogP contribution in [0.2, 0.25) is 0 Å². The topological polar surface area (TPSA) is 131 Å². The van der Waals surface area contributed by atoms with E-state index in [9.17, 15) is 43.6 Å². The van der Waals surface area contributed by atoms with Crippen LogP contribution in [0.15, 0.2) is 98.6 Å². The number of likely N-dealkylation sites (tertiary alicyclic amines) is 1. The zero-order valence-electron chi connectivity index (χ0n) is 37.8. The second-order valence-electron chi connectivity index (χ2n) is 20.8. The Labute approximate surface area is 394 Å². The Morgan fingerprint density at radius 3 is 2.16 bits per heavy atom. The maximum atomic E-state index is 14.2. The lowest BCUT2D eigenvalue weighted by Gasteiger charge is -2.72. The largest absolute Gasteiger partial charge is 0.501 e. The lowest BCUT2D eigenvalue weighted by atomic mass is 9.32.